The van der Waals surface area contributed by atoms with E-state index in [1.165, 1.54) is 21.8 Å². The highest BCUT2D eigenvalue weighted by molar-refractivity contribution is 7.92. The maximum Gasteiger partial charge on any atom is 0.266 e. The molecule has 0 spiro atoms. The Labute approximate surface area is 178 Å². The van der Waals surface area contributed by atoms with E-state index in [2.05, 4.69) is 14.9 Å². The average molecular weight is 439 g/mol. The first-order chi connectivity index (χ1) is 14.4. The van der Waals surface area contributed by atoms with Crippen LogP contribution in [-0.2, 0) is 10.0 Å². The van der Waals surface area contributed by atoms with Crippen LogP contribution in [0.5, 0.6) is 0 Å². The summed E-state index contributed by atoms with van der Waals surface area (Å²) in [4.78, 5) is -0.0119. The summed E-state index contributed by atoms with van der Waals surface area (Å²) in [6, 6.07) is 17.8. The van der Waals surface area contributed by atoms with E-state index in [0.29, 0.717) is 22.1 Å². The Balaban J connectivity index is 1.74. The molecule has 2 aromatic carbocycles. The van der Waals surface area contributed by atoms with Crippen LogP contribution in [-0.4, -0.2) is 28.0 Å². The van der Waals surface area contributed by atoms with Crippen LogP contribution in [0.3, 0.4) is 0 Å². The summed E-state index contributed by atoms with van der Waals surface area (Å²) in [5.41, 5.74) is 1.80. The smallest absolute Gasteiger partial charge is 0.262 e. The van der Waals surface area contributed by atoms with Crippen molar-refractivity contribution >= 4 is 27.4 Å². The van der Waals surface area contributed by atoms with Crippen LogP contribution >= 0.6 is 11.6 Å². The second-order valence-electron chi connectivity index (χ2n) is 6.35. The molecule has 0 unspecified atom stereocenters. The van der Waals surface area contributed by atoms with Gasteiger partial charge in [0.15, 0.2) is 5.82 Å². The summed E-state index contributed by atoms with van der Waals surface area (Å²) in [6.45, 7) is 1.65. The molecule has 0 aliphatic carbocycles. The first kappa shape index (κ1) is 19.7. The number of nitrogens with zero attached hydrogens (tertiary/aromatic N) is 5. The number of hydrogen-bond acceptors (Lipinski definition) is 5. The van der Waals surface area contributed by atoms with E-state index < -0.39 is 10.0 Å². The molecule has 0 radical (unpaired) electrons. The number of para-hydroxylation sites is 1. The van der Waals surface area contributed by atoms with Gasteiger partial charge in [-0.25, -0.2) is 17.8 Å². The molecule has 2 aromatic heterocycles. The predicted octanol–water partition coefficient (Wildman–Crippen LogP) is 3.69. The van der Waals surface area contributed by atoms with E-state index in [4.69, 9.17) is 11.6 Å². The van der Waals surface area contributed by atoms with Gasteiger partial charge in [-0.1, -0.05) is 29.8 Å². The maximum atomic E-state index is 13.1. The molecule has 0 aliphatic rings. The minimum absolute atomic E-state index is 0.0119. The van der Waals surface area contributed by atoms with Crippen LogP contribution in [0.15, 0.2) is 71.9 Å². The van der Waals surface area contributed by atoms with Gasteiger partial charge < -0.3 is 0 Å². The highest BCUT2D eigenvalue weighted by atomic mass is 35.5. The van der Waals surface area contributed by atoms with Crippen molar-refractivity contribution in [1.29, 1.82) is 5.26 Å². The van der Waals surface area contributed by atoms with Crippen LogP contribution in [0.2, 0.25) is 5.02 Å². The van der Waals surface area contributed by atoms with Crippen molar-refractivity contribution in [2.24, 2.45) is 0 Å². The molecule has 1 N–H and O–H groups in total. The van der Waals surface area contributed by atoms with Gasteiger partial charge in [-0.15, -0.1) is 0 Å². The molecule has 10 heteroatoms. The standard InChI is InChI=1S/C20H15ClN6O2S/c1-14-19(13-24-26(14)18-9-7-16(21)8-10-18)30(28,29)25-20-15(11-22)12-23-27(20)17-5-3-2-4-6-17/h2-10,12-13,25H,1H3. The normalized spacial score (nSPS) is 11.2. The molecule has 0 saturated heterocycles. The molecule has 0 atom stereocenters. The number of halogens is 1. The third-order valence-electron chi connectivity index (χ3n) is 4.45. The van der Waals surface area contributed by atoms with E-state index >= 15 is 0 Å². The zero-order valence-electron chi connectivity index (χ0n) is 15.7. The summed E-state index contributed by atoms with van der Waals surface area (Å²) < 4.78 is 31.6. The third-order valence-corrected chi connectivity index (χ3v) is 6.14. The van der Waals surface area contributed by atoms with Crippen molar-refractivity contribution in [3.63, 3.8) is 0 Å². The van der Waals surface area contributed by atoms with Crippen molar-refractivity contribution in [1.82, 2.24) is 19.6 Å². The third kappa shape index (κ3) is 3.54. The second-order valence-corrected chi connectivity index (χ2v) is 8.44. The van der Waals surface area contributed by atoms with E-state index in [1.807, 2.05) is 12.1 Å². The van der Waals surface area contributed by atoms with Gasteiger partial charge in [0, 0.05) is 5.02 Å². The van der Waals surface area contributed by atoms with Crippen LogP contribution in [0.25, 0.3) is 11.4 Å². The van der Waals surface area contributed by atoms with Gasteiger partial charge in [-0.2, -0.15) is 15.5 Å². The largest absolute Gasteiger partial charge is 0.266 e. The molecule has 4 aromatic rings. The minimum atomic E-state index is -4.04. The van der Waals surface area contributed by atoms with E-state index in [9.17, 15) is 13.7 Å². The Morgan fingerprint density at radius 2 is 1.60 bits per heavy atom. The molecule has 8 nitrogen and oxygen atoms in total. The number of hydrogen-bond donors (Lipinski definition) is 1. The number of sulfonamides is 1. The summed E-state index contributed by atoms with van der Waals surface area (Å²) in [5, 5.41) is 18.3. The molecular weight excluding hydrogens is 424 g/mol. The topological polar surface area (TPSA) is 106 Å². The molecule has 0 saturated carbocycles. The average Bonchev–Trinajstić information content (AvgIpc) is 3.32. The number of rotatable bonds is 5. The Hall–Kier alpha value is -3.61. The van der Waals surface area contributed by atoms with Gasteiger partial charge in [0.2, 0.25) is 0 Å². The number of nitriles is 1. The van der Waals surface area contributed by atoms with Crippen molar-refractivity contribution < 1.29 is 8.42 Å². The summed E-state index contributed by atoms with van der Waals surface area (Å²) in [7, 11) is -4.04. The predicted molar refractivity (Wildman–Crippen MR) is 112 cm³/mol. The Morgan fingerprint density at radius 3 is 2.27 bits per heavy atom. The fourth-order valence-electron chi connectivity index (χ4n) is 2.98. The van der Waals surface area contributed by atoms with E-state index in [1.54, 1.807) is 55.5 Å². The monoisotopic (exact) mass is 438 g/mol. The zero-order chi connectivity index (χ0) is 21.3. The van der Waals surface area contributed by atoms with Gasteiger partial charge in [0.25, 0.3) is 10.0 Å². The van der Waals surface area contributed by atoms with Crippen molar-refractivity contribution in [2.75, 3.05) is 4.72 Å². The molecule has 0 amide bonds. The lowest BCUT2D eigenvalue weighted by Gasteiger charge is -2.11. The summed E-state index contributed by atoms with van der Waals surface area (Å²) >= 11 is 5.92. The summed E-state index contributed by atoms with van der Waals surface area (Å²) in [5.74, 6) is 0.0577. The molecule has 0 fully saturated rings. The fourth-order valence-corrected chi connectivity index (χ4v) is 4.32. The first-order valence-electron chi connectivity index (χ1n) is 8.77. The van der Waals surface area contributed by atoms with Gasteiger partial charge in [0.1, 0.15) is 16.5 Å². The van der Waals surface area contributed by atoms with Gasteiger partial charge in [-0.3, -0.25) is 4.72 Å². The van der Waals surface area contributed by atoms with Crippen LogP contribution < -0.4 is 4.72 Å². The van der Waals surface area contributed by atoms with Crippen LogP contribution in [0, 0.1) is 18.3 Å². The zero-order valence-corrected chi connectivity index (χ0v) is 17.3. The molecule has 2 heterocycles. The molecule has 30 heavy (non-hydrogen) atoms. The maximum absolute atomic E-state index is 13.1. The van der Waals surface area contributed by atoms with Gasteiger partial charge in [-0.05, 0) is 43.3 Å². The minimum Gasteiger partial charge on any atom is -0.262 e. The molecule has 0 aliphatic heterocycles. The number of anilines is 1. The SMILES string of the molecule is Cc1c(S(=O)(=O)Nc2c(C#N)cnn2-c2ccccc2)cnn1-c1ccc(Cl)cc1. The lowest BCUT2D eigenvalue weighted by atomic mass is 10.3. The molecule has 4 rings (SSSR count). The number of benzene rings is 2. The highest BCUT2D eigenvalue weighted by Gasteiger charge is 2.25. The van der Waals surface area contributed by atoms with E-state index in [-0.39, 0.29) is 16.3 Å². The number of nitrogens with one attached hydrogen (secondary N) is 1. The number of aromatic nitrogens is 4. The molecule has 150 valence electrons. The van der Waals surface area contributed by atoms with Gasteiger partial charge in [0.05, 0.1) is 29.5 Å². The van der Waals surface area contributed by atoms with E-state index in [0.717, 1.165) is 0 Å². The van der Waals surface area contributed by atoms with Crippen molar-refractivity contribution in [2.45, 2.75) is 11.8 Å². The molecule has 0 bridgehead atoms. The van der Waals surface area contributed by atoms with Crippen LogP contribution in [0.4, 0.5) is 5.82 Å². The molecular formula is C20H15ClN6O2S. The summed E-state index contributed by atoms with van der Waals surface area (Å²) in [6.07, 6.45) is 2.58. The highest BCUT2D eigenvalue weighted by Crippen LogP contribution is 2.25. The van der Waals surface area contributed by atoms with Crippen molar-refractivity contribution in [3.05, 3.63) is 83.3 Å². The van der Waals surface area contributed by atoms with Crippen molar-refractivity contribution in [3.8, 4) is 17.4 Å². The Bertz CT molecular complexity index is 1350. The van der Waals surface area contributed by atoms with Crippen LogP contribution in [0.1, 0.15) is 11.3 Å². The quantitative estimate of drug-likeness (QED) is 0.511. The lowest BCUT2D eigenvalue weighted by Crippen LogP contribution is -2.17. The first-order valence-corrected chi connectivity index (χ1v) is 10.6. The van der Waals surface area contributed by atoms with Gasteiger partial charge >= 0.3 is 0 Å². The fraction of sp³-hybridized carbons (Fsp3) is 0.0500. The Morgan fingerprint density at radius 1 is 0.967 bits per heavy atom. The Kier molecular flexibility index (Phi) is 5.03. The second kappa shape index (κ2) is 7.67. The lowest BCUT2D eigenvalue weighted by molar-refractivity contribution is 0.600.